The summed E-state index contributed by atoms with van der Waals surface area (Å²) in [5.41, 5.74) is 2.95. The second-order valence-electron chi connectivity index (χ2n) is 7.67. The Balaban J connectivity index is 1.27. The van der Waals surface area contributed by atoms with E-state index in [0.29, 0.717) is 30.5 Å². The monoisotopic (exact) mass is 440 g/mol. The zero-order chi connectivity index (χ0) is 20.6. The highest BCUT2D eigenvalue weighted by Gasteiger charge is 2.39. The molecule has 4 rings (SSSR count). The number of nitrogens with one attached hydrogen (secondary N) is 1. The van der Waals surface area contributed by atoms with Gasteiger partial charge < -0.3 is 0 Å². The van der Waals surface area contributed by atoms with Gasteiger partial charge in [-0.1, -0.05) is 41.5 Å². The van der Waals surface area contributed by atoms with E-state index in [0.717, 1.165) is 32.4 Å². The fourth-order valence-electron chi connectivity index (χ4n) is 4.51. The predicted molar refractivity (Wildman–Crippen MR) is 109 cm³/mol. The van der Waals surface area contributed by atoms with Crippen molar-refractivity contribution in [2.75, 3.05) is 19.6 Å². The van der Waals surface area contributed by atoms with E-state index in [4.69, 9.17) is 11.6 Å². The highest BCUT2D eigenvalue weighted by molar-refractivity contribution is 7.89. The van der Waals surface area contributed by atoms with Crippen molar-refractivity contribution in [3.05, 3.63) is 64.2 Å². The Morgan fingerprint density at radius 3 is 2.83 bits per heavy atom. The molecule has 2 aliphatic carbocycles. The van der Waals surface area contributed by atoms with Gasteiger partial charge in [0.2, 0.25) is 10.0 Å². The second-order valence-corrected chi connectivity index (χ2v) is 9.82. The number of likely N-dealkylation sites (tertiary alicyclic amines) is 1. The first-order valence-electron chi connectivity index (χ1n) is 9.82. The minimum atomic E-state index is -3.99. The van der Waals surface area contributed by atoms with Gasteiger partial charge in [-0.3, -0.25) is 4.90 Å². The minimum absolute atomic E-state index is 0.219. The highest BCUT2D eigenvalue weighted by Crippen LogP contribution is 2.42. The summed E-state index contributed by atoms with van der Waals surface area (Å²) in [6, 6.07) is 1.80. The molecule has 1 N–H and O–H groups in total. The molecular weight excluding hydrogens is 418 g/mol. The van der Waals surface area contributed by atoms with E-state index >= 15 is 0 Å². The van der Waals surface area contributed by atoms with Crippen LogP contribution >= 0.6 is 11.6 Å². The molecule has 2 atom stereocenters. The summed E-state index contributed by atoms with van der Waals surface area (Å²) in [5, 5.41) is -0.334. The molecule has 156 valence electrons. The normalized spacial score (nSPS) is 23.7. The maximum Gasteiger partial charge on any atom is 0.242 e. The Labute approximate surface area is 175 Å². The van der Waals surface area contributed by atoms with Crippen LogP contribution in [0.4, 0.5) is 8.78 Å². The van der Waals surface area contributed by atoms with E-state index in [1.807, 2.05) is 0 Å². The summed E-state index contributed by atoms with van der Waals surface area (Å²) in [4.78, 5) is 2.06. The number of sulfonamides is 1. The highest BCUT2D eigenvalue weighted by atomic mass is 35.5. The molecule has 8 heteroatoms. The number of nitrogens with zero attached hydrogens (tertiary/aromatic N) is 1. The zero-order valence-corrected chi connectivity index (χ0v) is 17.4. The molecule has 0 amide bonds. The summed E-state index contributed by atoms with van der Waals surface area (Å²) >= 11 is 5.77. The van der Waals surface area contributed by atoms with Crippen molar-refractivity contribution >= 4 is 21.6 Å². The molecule has 4 nitrogen and oxygen atoms in total. The number of benzene rings is 1. The summed E-state index contributed by atoms with van der Waals surface area (Å²) in [5.74, 6) is -1.90. The van der Waals surface area contributed by atoms with Gasteiger partial charge in [0.1, 0.15) is 4.90 Å². The summed E-state index contributed by atoms with van der Waals surface area (Å²) in [6.45, 7) is 2.15. The number of piperidine rings is 1. The van der Waals surface area contributed by atoms with E-state index in [1.54, 1.807) is 0 Å². The molecule has 1 saturated heterocycles. The van der Waals surface area contributed by atoms with Crippen molar-refractivity contribution in [1.82, 2.24) is 9.62 Å². The number of hydrogen-bond acceptors (Lipinski definition) is 3. The SMILES string of the molecule is O=S(=O)(NCCCCN1CCC2=CC=CC3=CCC1C32)c1cc(F)c(F)cc1Cl. The third kappa shape index (κ3) is 4.19. The fraction of sp³-hybridized carbons (Fsp3) is 0.429. The van der Waals surface area contributed by atoms with Crippen molar-refractivity contribution in [1.29, 1.82) is 0 Å². The first-order valence-corrected chi connectivity index (χ1v) is 11.7. The molecule has 0 aromatic heterocycles. The summed E-state index contributed by atoms with van der Waals surface area (Å²) < 4.78 is 53.6. The van der Waals surface area contributed by atoms with Crippen LogP contribution in [0.3, 0.4) is 0 Å². The number of hydrogen-bond donors (Lipinski definition) is 1. The average Bonchev–Trinajstić information content (AvgIpc) is 3.12. The van der Waals surface area contributed by atoms with E-state index in [9.17, 15) is 17.2 Å². The molecule has 29 heavy (non-hydrogen) atoms. The van der Waals surface area contributed by atoms with Crippen LogP contribution in [0.15, 0.2) is 52.5 Å². The summed E-state index contributed by atoms with van der Waals surface area (Å²) in [7, 11) is -3.99. The molecular formula is C21H23ClF2N2O2S. The number of halogens is 3. The van der Waals surface area contributed by atoms with Crippen LogP contribution in [0.2, 0.25) is 5.02 Å². The van der Waals surface area contributed by atoms with Crippen LogP contribution in [-0.2, 0) is 10.0 Å². The van der Waals surface area contributed by atoms with Crippen LogP contribution in [0.25, 0.3) is 0 Å². The van der Waals surface area contributed by atoms with Crippen molar-refractivity contribution in [2.24, 2.45) is 5.92 Å². The van der Waals surface area contributed by atoms with Crippen molar-refractivity contribution in [2.45, 2.75) is 36.6 Å². The Morgan fingerprint density at radius 1 is 1.21 bits per heavy atom. The second kappa shape index (κ2) is 8.30. The van der Waals surface area contributed by atoms with Gasteiger partial charge in [-0.25, -0.2) is 21.9 Å². The van der Waals surface area contributed by atoms with Crippen LogP contribution in [0, 0.1) is 17.6 Å². The molecule has 0 radical (unpaired) electrons. The quantitative estimate of drug-likeness (QED) is 0.511. The maximum atomic E-state index is 13.4. The lowest BCUT2D eigenvalue weighted by molar-refractivity contribution is 0.149. The molecule has 3 aliphatic rings. The van der Waals surface area contributed by atoms with Crippen LogP contribution in [0.5, 0.6) is 0 Å². The van der Waals surface area contributed by atoms with Gasteiger partial charge in [-0.05, 0) is 49.9 Å². The lowest BCUT2D eigenvalue weighted by atomic mass is 9.80. The van der Waals surface area contributed by atoms with Crippen molar-refractivity contribution in [3.63, 3.8) is 0 Å². The third-order valence-electron chi connectivity index (χ3n) is 5.92. The van der Waals surface area contributed by atoms with Gasteiger partial charge in [0.15, 0.2) is 11.6 Å². The predicted octanol–water partition coefficient (Wildman–Crippen LogP) is 4.19. The van der Waals surface area contributed by atoms with Crippen molar-refractivity contribution in [3.8, 4) is 0 Å². The average molecular weight is 441 g/mol. The third-order valence-corrected chi connectivity index (χ3v) is 7.85. The fourth-order valence-corrected chi connectivity index (χ4v) is 6.11. The van der Waals surface area contributed by atoms with E-state index < -0.39 is 26.6 Å². The van der Waals surface area contributed by atoms with Gasteiger partial charge in [0.05, 0.1) is 5.02 Å². The standard InChI is InChI=1S/C21H23ClF2N2O2S/c22-16-12-17(23)18(24)13-20(16)29(27,28)25-9-1-2-10-26-11-8-15-5-3-4-14-6-7-19(26)21(14)15/h3-6,12-13,19,21,25H,1-2,7-11H2. The Morgan fingerprint density at radius 2 is 2.00 bits per heavy atom. The molecule has 1 aliphatic heterocycles. The lowest BCUT2D eigenvalue weighted by Crippen LogP contribution is -2.45. The number of allylic oxidation sites excluding steroid dienone is 3. The lowest BCUT2D eigenvalue weighted by Gasteiger charge is -2.41. The molecule has 0 spiro atoms. The van der Waals surface area contributed by atoms with E-state index in [-0.39, 0.29) is 11.6 Å². The van der Waals surface area contributed by atoms with Gasteiger partial charge in [-0.2, -0.15) is 0 Å². The van der Waals surface area contributed by atoms with Crippen molar-refractivity contribution < 1.29 is 17.2 Å². The maximum absolute atomic E-state index is 13.4. The molecule has 0 saturated carbocycles. The zero-order valence-electron chi connectivity index (χ0n) is 15.9. The van der Waals surface area contributed by atoms with Gasteiger partial charge in [0.25, 0.3) is 0 Å². The largest absolute Gasteiger partial charge is 0.299 e. The number of unbranched alkanes of at least 4 members (excludes halogenated alkanes) is 1. The molecule has 1 fully saturated rings. The minimum Gasteiger partial charge on any atom is -0.299 e. The molecule has 2 unspecified atom stereocenters. The molecule has 1 aromatic carbocycles. The summed E-state index contributed by atoms with van der Waals surface area (Å²) in [6.07, 6.45) is 12.6. The molecule has 0 bridgehead atoms. The Kier molecular flexibility index (Phi) is 5.93. The van der Waals surface area contributed by atoms with Crippen LogP contribution < -0.4 is 4.72 Å². The van der Waals surface area contributed by atoms with Gasteiger partial charge in [-0.15, -0.1) is 0 Å². The number of rotatable bonds is 7. The van der Waals surface area contributed by atoms with Gasteiger partial charge >= 0.3 is 0 Å². The van der Waals surface area contributed by atoms with Crippen LogP contribution in [0.1, 0.15) is 25.7 Å². The topological polar surface area (TPSA) is 49.4 Å². The first-order chi connectivity index (χ1) is 13.9. The van der Waals surface area contributed by atoms with E-state index in [2.05, 4.69) is 33.9 Å². The molecule has 1 heterocycles. The first kappa shape index (κ1) is 20.7. The van der Waals surface area contributed by atoms with Crippen LogP contribution in [-0.4, -0.2) is 39.0 Å². The van der Waals surface area contributed by atoms with E-state index in [1.165, 1.54) is 11.1 Å². The Bertz CT molecular complexity index is 1000. The molecule has 1 aromatic rings. The Hall–Kier alpha value is -1.54. The van der Waals surface area contributed by atoms with Gasteiger partial charge in [0, 0.05) is 25.0 Å². The smallest absolute Gasteiger partial charge is 0.242 e.